The molecule has 0 unspecified atom stereocenters. The molecule has 1 aliphatic heterocycles. The number of aldehydes is 1. The molecule has 0 amide bonds. The van der Waals surface area contributed by atoms with Crippen LogP contribution in [0.4, 0.5) is 0 Å². The molecule has 12 heavy (non-hydrogen) atoms. The van der Waals surface area contributed by atoms with Gasteiger partial charge in [0.25, 0.3) is 0 Å². The largest absolute Gasteiger partial charge is 0.396 e. The second-order valence-corrected chi connectivity index (χ2v) is 5.40. The van der Waals surface area contributed by atoms with Gasteiger partial charge in [-0.05, 0) is 12.8 Å². The molecule has 1 rings (SSSR count). The molecule has 0 aromatic rings. The highest BCUT2D eigenvalue weighted by atomic mass is 32.2. The van der Waals surface area contributed by atoms with Crippen molar-refractivity contribution in [2.24, 2.45) is 5.41 Å². The van der Waals surface area contributed by atoms with Gasteiger partial charge in [-0.2, -0.15) is 0 Å². The van der Waals surface area contributed by atoms with E-state index in [4.69, 9.17) is 5.11 Å². The van der Waals surface area contributed by atoms with Crippen molar-refractivity contribution in [1.82, 2.24) is 0 Å². The van der Waals surface area contributed by atoms with Gasteiger partial charge in [-0.1, -0.05) is 0 Å². The molecule has 1 saturated heterocycles. The van der Waals surface area contributed by atoms with Crippen molar-refractivity contribution >= 4 is 16.1 Å². The Hall–Kier alpha value is -0.420. The normalized spacial score (nSPS) is 24.4. The van der Waals surface area contributed by atoms with E-state index in [1.54, 1.807) is 0 Å². The van der Waals surface area contributed by atoms with E-state index in [1.807, 2.05) is 0 Å². The molecule has 5 heteroatoms. The van der Waals surface area contributed by atoms with E-state index in [2.05, 4.69) is 0 Å². The third kappa shape index (κ3) is 1.84. The summed E-state index contributed by atoms with van der Waals surface area (Å²) in [6.45, 7) is 0.00956. The van der Waals surface area contributed by atoms with Crippen molar-refractivity contribution in [3.63, 3.8) is 0 Å². The van der Waals surface area contributed by atoms with E-state index in [0.29, 0.717) is 19.1 Å². The van der Waals surface area contributed by atoms with Crippen LogP contribution < -0.4 is 0 Å². The Morgan fingerprint density at radius 1 is 1.42 bits per heavy atom. The highest BCUT2D eigenvalue weighted by Crippen LogP contribution is 2.35. The van der Waals surface area contributed by atoms with Crippen LogP contribution in [0.1, 0.15) is 12.8 Å². The third-order valence-electron chi connectivity index (χ3n) is 2.10. The van der Waals surface area contributed by atoms with Gasteiger partial charge in [-0.3, -0.25) is 0 Å². The zero-order chi connectivity index (χ0) is 9.24. The Balaban J connectivity index is 2.53. The highest BCUT2D eigenvalue weighted by Gasteiger charge is 2.47. The first-order valence-electron chi connectivity index (χ1n) is 3.81. The molecule has 0 spiro atoms. The SMILES string of the molecule is O=CC1(CCCO)CS(=O)(=O)C1. The second-order valence-electron chi connectivity index (χ2n) is 3.34. The van der Waals surface area contributed by atoms with Crippen LogP contribution in [0.3, 0.4) is 0 Å². The Labute approximate surface area is 71.5 Å². The lowest BCUT2D eigenvalue weighted by Crippen LogP contribution is -2.49. The van der Waals surface area contributed by atoms with Crippen molar-refractivity contribution in [1.29, 1.82) is 0 Å². The zero-order valence-corrected chi connectivity index (χ0v) is 7.51. The minimum absolute atomic E-state index is 0.00956. The summed E-state index contributed by atoms with van der Waals surface area (Å²) in [5.74, 6) is -0.0764. The monoisotopic (exact) mass is 192 g/mol. The molecule has 0 radical (unpaired) electrons. The van der Waals surface area contributed by atoms with Gasteiger partial charge in [0.1, 0.15) is 6.29 Å². The lowest BCUT2D eigenvalue weighted by Gasteiger charge is -2.35. The number of rotatable bonds is 4. The number of carbonyl (C=O) groups excluding carboxylic acids is 1. The number of hydrogen-bond acceptors (Lipinski definition) is 4. The highest BCUT2D eigenvalue weighted by molar-refractivity contribution is 7.93. The van der Waals surface area contributed by atoms with Gasteiger partial charge in [0, 0.05) is 6.61 Å². The van der Waals surface area contributed by atoms with Crippen LogP contribution in [0.25, 0.3) is 0 Å². The van der Waals surface area contributed by atoms with Crippen molar-refractivity contribution in [3.8, 4) is 0 Å². The predicted molar refractivity (Wildman–Crippen MR) is 43.5 cm³/mol. The lowest BCUT2D eigenvalue weighted by molar-refractivity contribution is -0.115. The van der Waals surface area contributed by atoms with Gasteiger partial charge in [0.05, 0.1) is 16.9 Å². The zero-order valence-electron chi connectivity index (χ0n) is 6.69. The van der Waals surface area contributed by atoms with Crippen LogP contribution in [-0.2, 0) is 14.6 Å². The summed E-state index contributed by atoms with van der Waals surface area (Å²) in [7, 11) is -2.94. The number of carbonyl (C=O) groups is 1. The minimum Gasteiger partial charge on any atom is -0.396 e. The molecule has 0 saturated carbocycles. The summed E-state index contributed by atoms with van der Waals surface area (Å²) in [5.41, 5.74) is -0.679. The molecule has 1 aliphatic rings. The Kier molecular flexibility index (Phi) is 2.53. The molecule has 4 nitrogen and oxygen atoms in total. The number of hydrogen-bond donors (Lipinski definition) is 1. The van der Waals surface area contributed by atoms with Gasteiger partial charge < -0.3 is 9.90 Å². The average molecular weight is 192 g/mol. The van der Waals surface area contributed by atoms with Crippen molar-refractivity contribution in [2.45, 2.75) is 12.8 Å². The predicted octanol–water partition coefficient (Wildman–Crippen LogP) is -0.627. The molecular weight excluding hydrogens is 180 g/mol. The number of aliphatic hydroxyl groups is 1. The van der Waals surface area contributed by atoms with Crippen LogP contribution in [-0.4, -0.2) is 37.9 Å². The van der Waals surface area contributed by atoms with E-state index in [9.17, 15) is 13.2 Å². The van der Waals surface area contributed by atoms with E-state index >= 15 is 0 Å². The fourth-order valence-electron chi connectivity index (χ4n) is 1.54. The minimum atomic E-state index is -2.94. The first-order chi connectivity index (χ1) is 5.54. The van der Waals surface area contributed by atoms with Crippen LogP contribution in [0.5, 0.6) is 0 Å². The summed E-state index contributed by atoms with van der Waals surface area (Å²) in [6, 6.07) is 0. The topological polar surface area (TPSA) is 71.4 Å². The lowest BCUT2D eigenvalue weighted by atomic mass is 9.88. The summed E-state index contributed by atoms with van der Waals surface area (Å²) in [5, 5.41) is 8.51. The van der Waals surface area contributed by atoms with Gasteiger partial charge in [0.15, 0.2) is 9.84 Å². The maximum absolute atomic E-state index is 10.8. The Morgan fingerprint density at radius 3 is 2.33 bits per heavy atom. The molecule has 0 aliphatic carbocycles. The van der Waals surface area contributed by atoms with E-state index in [-0.39, 0.29) is 18.1 Å². The van der Waals surface area contributed by atoms with Crippen LogP contribution in [0, 0.1) is 5.41 Å². The van der Waals surface area contributed by atoms with Crippen LogP contribution in [0.15, 0.2) is 0 Å². The molecule has 1 fully saturated rings. The molecule has 1 N–H and O–H groups in total. The first kappa shape index (κ1) is 9.67. The first-order valence-corrected chi connectivity index (χ1v) is 5.63. The van der Waals surface area contributed by atoms with Gasteiger partial charge in [0.2, 0.25) is 0 Å². The molecule has 0 atom stereocenters. The second kappa shape index (κ2) is 3.14. The van der Waals surface area contributed by atoms with Crippen molar-refractivity contribution in [3.05, 3.63) is 0 Å². The number of sulfone groups is 1. The van der Waals surface area contributed by atoms with Gasteiger partial charge in [-0.15, -0.1) is 0 Å². The average Bonchev–Trinajstić information content (AvgIpc) is 1.96. The molecule has 1 heterocycles. The van der Waals surface area contributed by atoms with E-state index in [1.165, 1.54) is 0 Å². The standard InChI is InChI=1S/C7H12O4S/c8-3-1-2-7(4-9)5-12(10,11)6-7/h4,8H,1-3,5-6H2. The molecule has 0 bridgehead atoms. The fourth-order valence-corrected chi connectivity index (χ4v) is 3.63. The van der Waals surface area contributed by atoms with Crippen LogP contribution >= 0.6 is 0 Å². The summed E-state index contributed by atoms with van der Waals surface area (Å²) in [4.78, 5) is 10.6. The Bertz CT molecular complexity index is 255. The molecular formula is C7H12O4S. The third-order valence-corrected chi connectivity index (χ3v) is 4.13. The summed E-state index contributed by atoms with van der Waals surface area (Å²) in [6.07, 6.45) is 1.68. The Morgan fingerprint density at radius 2 is 2.00 bits per heavy atom. The summed E-state index contributed by atoms with van der Waals surface area (Å²) >= 11 is 0. The molecule has 0 aromatic heterocycles. The molecule has 70 valence electrons. The smallest absolute Gasteiger partial charge is 0.152 e. The van der Waals surface area contributed by atoms with Crippen LogP contribution in [0.2, 0.25) is 0 Å². The van der Waals surface area contributed by atoms with E-state index < -0.39 is 15.3 Å². The van der Waals surface area contributed by atoms with Gasteiger partial charge in [-0.25, -0.2) is 8.42 Å². The number of aliphatic hydroxyl groups excluding tert-OH is 1. The maximum Gasteiger partial charge on any atom is 0.152 e. The molecule has 0 aromatic carbocycles. The quantitative estimate of drug-likeness (QED) is 0.602. The summed E-state index contributed by atoms with van der Waals surface area (Å²) < 4.78 is 21.6. The van der Waals surface area contributed by atoms with Crippen molar-refractivity contribution < 1.29 is 18.3 Å². The van der Waals surface area contributed by atoms with Crippen molar-refractivity contribution in [2.75, 3.05) is 18.1 Å². The maximum atomic E-state index is 10.8. The fraction of sp³-hybridized carbons (Fsp3) is 0.857. The van der Waals surface area contributed by atoms with E-state index in [0.717, 1.165) is 0 Å². The van der Waals surface area contributed by atoms with Gasteiger partial charge >= 0.3 is 0 Å².